The number of likely N-dealkylation sites (tertiary alicyclic amines) is 1. The molecule has 1 spiro atoms. The van der Waals surface area contributed by atoms with Gasteiger partial charge in [-0.05, 0) is 55.9 Å². The minimum absolute atomic E-state index is 0.0895. The topological polar surface area (TPSA) is 38.8 Å². The standard InChI is InChI=1S/C18H25NO3/c1-13-4-5-16(8-14(13)2)17(20)19-11-18(12-19)9-15(10-22-18)6-7-21-3/h4-5,8,15H,6-7,9-12H2,1-3H3. The van der Waals surface area contributed by atoms with E-state index in [1.54, 1.807) is 7.11 Å². The van der Waals surface area contributed by atoms with Crippen LogP contribution in [0.3, 0.4) is 0 Å². The van der Waals surface area contributed by atoms with Gasteiger partial charge in [-0.3, -0.25) is 4.79 Å². The van der Waals surface area contributed by atoms with Crippen LogP contribution in [0.5, 0.6) is 0 Å². The highest BCUT2D eigenvalue weighted by Gasteiger charge is 2.51. The number of aryl methyl sites for hydroxylation is 2. The van der Waals surface area contributed by atoms with Gasteiger partial charge in [-0.15, -0.1) is 0 Å². The molecule has 0 radical (unpaired) electrons. The van der Waals surface area contributed by atoms with Gasteiger partial charge in [0.1, 0.15) is 5.60 Å². The first kappa shape index (κ1) is 15.5. The first-order valence-corrected chi connectivity index (χ1v) is 8.02. The third-order valence-electron chi connectivity index (χ3n) is 5.02. The maximum Gasteiger partial charge on any atom is 0.254 e. The SMILES string of the molecule is COCCC1COC2(C1)CN(C(=O)c1ccc(C)c(C)c1)C2. The van der Waals surface area contributed by atoms with Gasteiger partial charge < -0.3 is 14.4 Å². The summed E-state index contributed by atoms with van der Waals surface area (Å²) >= 11 is 0. The minimum Gasteiger partial charge on any atom is -0.385 e. The number of ether oxygens (including phenoxy) is 2. The van der Waals surface area contributed by atoms with Crippen molar-refractivity contribution in [1.82, 2.24) is 4.90 Å². The molecule has 0 bridgehead atoms. The van der Waals surface area contributed by atoms with Crippen LogP contribution in [-0.2, 0) is 9.47 Å². The van der Waals surface area contributed by atoms with E-state index in [1.165, 1.54) is 5.56 Å². The molecule has 2 aliphatic heterocycles. The number of rotatable bonds is 4. The maximum atomic E-state index is 12.5. The summed E-state index contributed by atoms with van der Waals surface area (Å²) in [6.45, 7) is 7.15. The first-order chi connectivity index (χ1) is 10.5. The summed E-state index contributed by atoms with van der Waals surface area (Å²) in [7, 11) is 1.74. The van der Waals surface area contributed by atoms with Gasteiger partial charge in [0.25, 0.3) is 5.91 Å². The third-order valence-corrected chi connectivity index (χ3v) is 5.02. The number of benzene rings is 1. The Morgan fingerprint density at radius 2 is 2.14 bits per heavy atom. The summed E-state index contributed by atoms with van der Waals surface area (Å²) in [6, 6.07) is 5.93. The maximum absolute atomic E-state index is 12.5. The Morgan fingerprint density at radius 1 is 1.36 bits per heavy atom. The Kier molecular flexibility index (Phi) is 4.24. The van der Waals surface area contributed by atoms with Crippen LogP contribution in [0.25, 0.3) is 0 Å². The number of methoxy groups -OCH3 is 1. The lowest BCUT2D eigenvalue weighted by Gasteiger charge is -2.47. The third kappa shape index (κ3) is 2.90. The molecule has 0 aromatic heterocycles. The lowest BCUT2D eigenvalue weighted by Crippen LogP contribution is -2.63. The summed E-state index contributed by atoms with van der Waals surface area (Å²) in [5.74, 6) is 0.691. The molecule has 0 aliphatic carbocycles. The van der Waals surface area contributed by atoms with Gasteiger partial charge >= 0.3 is 0 Å². The van der Waals surface area contributed by atoms with Crippen LogP contribution in [0.2, 0.25) is 0 Å². The van der Waals surface area contributed by atoms with Gasteiger partial charge in [0, 0.05) is 19.3 Å². The van der Waals surface area contributed by atoms with E-state index in [9.17, 15) is 4.79 Å². The predicted molar refractivity (Wildman–Crippen MR) is 85.1 cm³/mol. The van der Waals surface area contributed by atoms with E-state index in [0.717, 1.165) is 50.3 Å². The van der Waals surface area contributed by atoms with Crippen molar-refractivity contribution in [2.45, 2.75) is 32.3 Å². The summed E-state index contributed by atoms with van der Waals surface area (Å²) in [5.41, 5.74) is 3.08. The summed E-state index contributed by atoms with van der Waals surface area (Å²) < 4.78 is 11.1. The minimum atomic E-state index is -0.0895. The molecule has 3 rings (SSSR count). The second-order valence-electron chi connectivity index (χ2n) is 6.81. The van der Waals surface area contributed by atoms with Crippen molar-refractivity contribution in [3.63, 3.8) is 0 Å². The summed E-state index contributed by atoms with van der Waals surface area (Å²) in [6.07, 6.45) is 2.09. The number of nitrogens with zero attached hydrogens (tertiary/aromatic N) is 1. The molecule has 2 fully saturated rings. The molecule has 1 aromatic rings. The van der Waals surface area contributed by atoms with E-state index in [1.807, 2.05) is 30.0 Å². The molecule has 0 saturated carbocycles. The zero-order valence-electron chi connectivity index (χ0n) is 13.7. The molecule has 120 valence electrons. The van der Waals surface area contributed by atoms with E-state index in [2.05, 4.69) is 6.92 Å². The fourth-order valence-corrected chi connectivity index (χ4v) is 3.48. The van der Waals surface area contributed by atoms with Crippen LogP contribution >= 0.6 is 0 Å². The van der Waals surface area contributed by atoms with Gasteiger partial charge in [0.15, 0.2) is 0 Å². The number of hydrogen-bond acceptors (Lipinski definition) is 3. The molecule has 4 nitrogen and oxygen atoms in total. The molecular weight excluding hydrogens is 278 g/mol. The van der Waals surface area contributed by atoms with Gasteiger partial charge in [-0.2, -0.15) is 0 Å². The van der Waals surface area contributed by atoms with Crippen LogP contribution in [0.15, 0.2) is 18.2 Å². The fourth-order valence-electron chi connectivity index (χ4n) is 3.48. The number of carbonyl (C=O) groups excluding carboxylic acids is 1. The zero-order valence-corrected chi connectivity index (χ0v) is 13.7. The zero-order chi connectivity index (χ0) is 15.7. The quantitative estimate of drug-likeness (QED) is 0.858. The van der Waals surface area contributed by atoms with E-state index >= 15 is 0 Å². The molecule has 4 heteroatoms. The number of amides is 1. The van der Waals surface area contributed by atoms with Gasteiger partial charge in [0.2, 0.25) is 0 Å². The first-order valence-electron chi connectivity index (χ1n) is 8.02. The van der Waals surface area contributed by atoms with Crippen molar-refractivity contribution >= 4 is 5.91 Å². The molecule has 2 saturated heterocycles. The summed E-state index contributed by atoms with van der Waals surface area (Å²) in [4.78, 5) is 14.4. The average molecular weight is 303 g/mol. The largest absolute Gasteiger partial charge is 0.385 e. The molecule has 1 amide bonds. The van der Waals surface area contributed by atoms with Crippen molar-refractivity contribution in [2.24, 2.45) is 5.92 Å². The van der Waals surface area contributed by atoms with E-state index < -0.39 is 0 Å². The van der Waals surface area contributed by atoms with Gasteiger partial charge in [0.05, 0.1) is 19.7 Å². The molecule has 22 heavy (non-hydrogen) atoms. The molecular formula is C18H25NO3. The van der Waals surface area contributed by atoms with Crippen molar-refractivity contribution < 1.29 is 14.3 Å². The van der Waals surface area contributed by atoms with Crippen LogP contribution < -0.4 is 0 Å². The number of carbonyl (C=O) groups is 1. The predicted octanol–water partition coefficient (Wildman–Crippen LogP) is 2.57. The van der Waals surface area contributed by atoms with Crippen LogP contribution in [0.1, 0.15) is 34.3 Å². The van der Waals surface area contributed by atoms with Crippen molar-refractivity contribution in [3.05, 3.63) is 34.9 Å². The molecule has 1 unspecified atom stereocenters. The van der Waals surface area contributed by atoms with E-state index in [4.69, 9.17) is 9.47 Å². The average Bonchev–Trinajstić information content (AvgIpc) is 2.90. The Balaban J connectivity index is 1.57. The molecule has 2 aliphatic rings. The van der Waals surface area contributed by atoms with E-state index in [-0.39, 0.29) is 11.5 Å². The van der Waals surface area contributed by atoms with Crippen molar-refractivity contribution in [1.29, 1.82) is 0 Å². The molecule has 2 heterocycles. The monoisotopic (exact) mass is 303 g/mol. The second-order valence-corrected chi connectivity index (χ2v) is 6.81. The van der Waals surface area contributed by atoms with Crippen LogP contribution in [-0.4, -0.2) is 49.8 Å². The number of hydrogen-bond donors (Lipinski definition) is 0. The fraction of sp³-hybridized carbons (Fsp3) is 0.611. The lowest BCUT2D eigenvalue weighted by molar-refractivity contribution is -0.0950. The molecule has 1 atom stereocenters. The highest BCUT2D eigenvalue weighted by molar-refractivity contribution is 5.95. The van der Waals surface area contributed by atoms with Crippen LogP contribution in [0.4, 0.5) is 0 Å². The highest BCUT2D eigenvalue weighted by atomic mass is 16.5. The molecule has 1 aromatic carbocycles. The Morgan fingerprint density at radius 3 is 2.82 bits per heavy atom. The summed E-state index contributed by atoms with van der Waals surface area (Å²) in [5, 5.41) is 0. The Labute approximate surface area is 132 Å². The van der Waals surface area contributed by atoms with E-state index in [0.29, 0.717) is 5.92 Å². The van der Waals surface area contributed by atoms with Gasteiger partial charge in [-0.25, -0.2) is 0 Å². The molecule has 0 N–H and O–H groups in total. The van der Waals surface area contributed by atoms with Crippen LogP contribution in [0, 0.1) is 19.8 Å². The highest BCUT2D eigenvalue weighted by Crippen LogP contribution is 2.39. The Bertz CT molecular complexity index is 563. The second kappa shape index (κ2) is 6.01. The Hall–Kier alpha value is -1.39. The van der Waals surface area contributed by atoms with Crippen molar-refractivity contribution in [2.75, 3.05) is 33.4 Å². The van der Waals surface area contributed by atoms with Crippen molar-refractivity contribution in [3.8, 4) is 0 Å². The normalized spacial score (nSPS) is 22.9. The lowest BCUT2D eigenvalue weighted by atomic mass is 9.85. The van der Waals surface area contributed by atoms with Gasteiger partial charge in [-0.1, -0.05) is 6.07 Å². The smallest absolute Gasteiger partial charge is 0.254 e.